The van der Waals surface area contributed by atoms with Crippen LogP contribution in [0.1, 0.15) is 0 Å². The summed E-state index contributed by atoms with van der Waals surface area (Å²) in [5, 5.41) is 12.4. The number of hydrogen-bond donors (Lipinski definition) is 0. The number of fused-ring (bicyclic) bond motifs is 10. The quantitative estimate of drug-likeness (QED) is 0.112. The highest BCUT2D eigenvalue weighted by molar-refractivity contribution is 7.03. The van der Waals surface area contributed by atoms with Gasteiger partial charge in [-0.15, -0.1) is 0 Å². The average Bonchev–Trinajstić information content (AvgIpc) is 4.04. The predicted molar refractivity (Wildman–Crippen MR) is 318 cm³/mol. The molecular formula is C70H48N2O2Si. The van der Waals surface area contributed by atoms with Crippen molar-refractivity contribution < 1.29 is 8.83 Å². The van der Waals surface area contributed by atoms with Gasteiger partial charge < -0.3 is 18.6 Å². The van der Waals surface area contributed by atoms with E-state index in [1.807, 2.05) is 12.1 Å². The molecule has 0 unspecified atom stereocenters. The average molecular weight is 977 g/mol. The molecule has 75 heavy (non-hydrogen) atoms. The molecule has 0 bridgehead atoms. The highest BCUT2D eigenvalue weighted by atomic mass is 28.3. The Morgan fingerprint density at radius 3 is 1.33 bits per heavy atom. The Hall–Kier alpha value is -9.42. The van der Waals surface area contributed by atoms with Gasteiger partial charge in [0.05, 0.1) is 11.4 Å². The minimum atomic E-state index is -2.36. The second-order valence-electron chi connectivity index (χ2n) is 20.4. The number of para-hydroxylation sites is 4. The molecule has 0 aliphatic carbocycles. The molecule has 0 N–H and O–H groups in total. The molecule has 0 fully saturated rings. The summed E-state index contributed by atoms with van der Waals surface area (Å²) in [7, 11) is -2.36. The number of rotatable bonds is 8. The van der Waals surface area contributed by atoms with Crippen LogP contribution in [0.5, 0.6) is 0 Å². The van der Waals surface area contributed by atoms with Crippen molar-refractivity contribution in [3.8, 4) is 33.4 Å². The Morgan fingerprint density at radius 2 is 0.747 bits per heavy atom. The number of hydrogen-bond acceptors (Lipinski definition) is 4. The summed E-state index contributed by atoms with van der Waals surface area (Å²) in [6.45, 7) is 5.08. The van der Waals surface area contributed by atoms with E-state index in [0.717, 1.165) is 83.6 Å². The molecule has 1 aliphatic heterocycles. The molecule has 3 heterocycles. The molecule has 0 spiro atoms. The van der Waals surface area contributed by atoms with Crippen LogP contribution < -0.4 is 20.2 Å². The summed E-state index contributed by atoms with van der Waals surface area (Å²) < 4.78 is 12.7. The molecule has 2 aromatic heterocycles. The largest absolute Gasteiger partial charge is 0.456 e. The molecule has 354 valence electrons. The number of furan rings is 2. The Bertz CT molecular complexity index is 4590. The van der Waals surface area contributed by atoms with E-state index in [9.17, 15) is 0 Å². The minimum absolute atomic E-state index is 0.878. The molecule has 4 nitrogen and oxygen atoms in total. The molecule has 14 aromatic rings. The summed E-state index contributed by atoms with van der Waals surface area (Å²) in [6.07, 6.45) is 0. The van der Waals surface area contributed by atoms with Crippen molar-refractivity contribution >= 4 is 118 Å². The maximum Gasteiger partial charge on any atom is 0.135 e. The molecule has 15 rings (SSSR count). The highest BCUT2D eigenvalue weighted by Gasteiger charge is 2.37. The first-order valence-electron chi connectivity index (χ1n) is 25.8. The van der Waals surface area contributed by atoms with E-state index < -0.39 is 8.07 Å². The normalized spacial score (nSPS) is 12.8. The van der Waals surface area contributed by atoms with Crippen LogP contribution in [0, 0.1) is 0 Å². The predicted octanol–water partition coefficient (Wildman–Crippen LogP) is 18.9. The molecular weight excluding hydrogens is 929 g/mol. The van der Waals surface area contributed by atoms with Crippen molar-refractivity contribution in [2.24, 2.45) is 0 Å². The fourth-order valence-corrected chi connectivity index (χ4v) is 15.4. The van der Waals surface area contributed by atoms with Crippen LogP contribution in [0.2, 0.25) is 13.1 Å². The topological polar surface area (TPSA) is 32.8 Å². The van der Waals surface area contributed by atoms with Crippen LogP contribution in [0.15, 0.2) is 264 Å². The van der Waals surface area contributed by atoms with E-state index in [1.54, 1.807) is 0 Å². The van der Waals surface area contributed by atoms with E-state index in [-0.39, 0.29) is 0 Å². The highest BCUT2D eigenvalue weighted by Crippen LogP contribution is 2.48. The molecule has 0 amide bonds. The Balaban J connectivity index is 0.917. The van der Waals surface area contributed by atoms with Gasteiger partial charge in [-0.1, -0.05) is 177 Å². The second-order valence-corrected chi connectivity index (χ2v) is 24.7. The van der Waals surface area contributed by atoms with Gasteiger partial charge in [0, 0.05) is 55.4 Å². The lowest BCUT2D eigenvalue weighted by atomic mass is 9.92. The van der Waals surface area contributed by atoms with Crippen molar-refractivity contribution in [1.29, 1.82) is 0 Å². The lowest BCUT2D eigenvalue weighted by Crippen LogP contribution is -2.56. The van der Waals surface area contributed by atoms with Crippen LogP contribution in [0.25, 0.3) is 98.8 Å². The van der Waals surface area contributed by atoms with Gasteiger partial charge in [0.1, 0.15) is 30.4 Å². The monoisotopic (exact) mass is 976 g/mol. The molecule has 1 aliphatic rings. The van der Waals surface area contributed by atoms with Crippen molar-refractivity contribution in [2.75, 3.05) is 9.80 Å². The van der Waals surface area contributed by atoms with E-state index in [1.165, 1.54) is 59.7 Å². The summed E-state index contributed by atoms with van der Waals surface area (Å²) in [4.78, 5) is 4.89. The van der Waals surface area contributed by atoms with Crippen molar-refractivity contribution in [1.82, 2.24) is 0 Å². The van der Waals surface area contributed by atoms with Gasteiger partial charge >= 0.3 is 0 Å². The molecule has 0 atom stereocenters. The number of nitrogens with zero attached hydrogens (tertiary/aromatic N) is 2. The van der Waals surface area contributed by atoms with Crippen molar-refractivity contribution in [2.45, 2.75) is 13.1 Å². The standard InChI is InChI=1S/C70H48N2O2Si/c1-75(2)68-31-17-26-57-58-41-48(71(62-27-13-9-22-52(62)45-18-5-3-6-19-45)49-35-38-66-59(42-49)54-24-11-15-29-64(54)73-66)33-32-47(58)40-61(70(57)68)56-37-34-51(44-69(56)75)72(63-28-14-10-23-53(63)46-20-7-4-8-21-46)50-36-39-67-60(43-50)55-25-12-16-30-65(55)74-67/h3-44H,1-2H3. The van der Waals surface area contributed by atoms with E-state index in [0.29, 0.717) is 0 Å². The van der Waals surface area contributed by atoms with Gasteiger partial charge in [-0.05, 0) is 145 Å². The van der Waals surface area contributed by atoms with Crippen LogP contribution in [-0.4, -0.2) is 8.07 Å². The van der Waals surface area contributed by atoms with Crippen molar-refractivity contribution in [3.05, 3.63) is 255 Å². The summed E-state index contributed by atoms with van der Waals surface area (Å²) in [5.41, 5.74) is 17.4. The first kappa shape index (κ1) is 43.2. The molecule has 0 radical (unpaired) electrons. The zero-order valence-corrected chi connectivity index (χ0v) is 42.5. The zero-order chi connectivity index (χ0) is 49.8. The Labute approximate surface area is 435 Å². The van der Waals surface area contributed by atoms with Gasteiger partial charge in [-0.25, -0.2) is 0 Å². The maximum atomic E-state index is 6.37. The third kappa shape index (κ3) is 6.82. The van der Waals surface area contributed by atoms with Gasteiger partial charge in [-0.3, -0.25) is 0 Å². The van der Waals surface area contributed by atoms with E-state index >= 15 is 0 Å². The lowest BCUT2D eigenvalue weighted by molar-refractivity contribution is 0.668. The SMILES string of the molecule is C[Si]1(C)c2cc(N(c3ccc4oc5ccccc5c4c3)c3ccccc3-c3ccccc3)ccc2-c2cc3ccc(N(c4ccc5oc6ccccc6c5c4)c4ccccc4-c4ccccc4)cc3c3cccc1c23. The van der Waals surface area contributed by atoms with Crippen LogP contribution in [-0.2, 0) is 0 Å². The molecule has 12 aromatic carbocycles. The number of anilines is 6. The van der Waals surface area contributed by atoms with Gasteiger partial charge in [0.2, 0.25) is 0 Å². The third-order valence-electron chi connectivity index (χ3n) is 15.8. The smallest absolute Gasteiger partial charge is 0.135 e. The van der Waals surface area contributed by atoms with Crippen molar-refractivity contribution in [3.63, 3.8) is 0 Å². The van der Waals surface area contributed by atoms with Crippen LogP contribution in [0.4, 0.5) is 34.1 Å². The number of benzene rings is 12. The summed E-state index contributed by atoms with van der Waals surface area (Å²) in [5.74, 6) is 0. The minimum Gasteiger partial charge on any atom is -0.456 e. The third-order valence-corrected chi connectivity index (χ3v) is 19.3. The van der Waals surface area contributed by atoms with Gasteiger partial charge in [-0.2, -0.15) is 0 Å². The van der Waals surface area contributed by atoms with E-state index in [4.69, 9.17) is 8.83 Å². The first-order valence-corrected chi connectivity index (χ1v) is 28.8. The summed E-state index contributed by atoms with van der Waals surface area (Å²) in [6, 6.07) is 92.9. The lowest BCUT2D eigenvalue weighted by Gasteiger charge is -2.36. The van der Waals surface area contributed by atoms with Crippen LogP contribution >= 0.6 is 0 Å². The first-order chi connectivity index (χ1) is 36.9. The van der Waals surface area contributed by atoms with Gasteiger partial charge in [0.25, 0.3) is 0 Å². The maximum absolute atomic E-state index is 6.37. The molecule has 0 saturated heterocycles. The zero-order valence-electron chi connectivity index (χ0n) is 41.5. The van der Waals surface area contributed by atoms with Gasteiger partial charge in [0.15, 0.2) is 0 Å². The summed E-state index contributed by atoms with van der Waals surface area (Å²) >= 11 is 0. The fourth-order valence-electron chi connectivity index (χ4n) is 12.3. The molecule has 5 heteroatoms. The van der Waals surface area contributed by atoms with Crippen LogP contribution in [0.3, 0.4) is 0 Å². The Morgan fingerprint density at radius 1 is 0.293 bits per heavy atom. The second kappa shape index (κ2) is 16.8. The molecule has 0 saturated carbocycles. The van der Waals surface area contributed by atoms with E-state index in [2.05, 4.69) is 266 Å². The Kier molecular flexibility index (Phi) is 9.68. The fraction of sp³-hybridized carbons (Fsp3) is 0.0286.